The van der Waals surface area contributed by atoms with Gasteiger partial charge in [-0.1, -0.05) is 26.0 Å². The molecule has 1 saturated heterocycles. The maximum atomic E-state index is 12.5. The summed E-state index contributed by atoms with van der Waals surface area (Å²) >= 11 is 0. The van der Waals surface area contributed by atoms with Gasteiger partial charge in [-0.2, -0.15) is 0 Å². The van der Waals surface area contributed by atoms with Gasteiger partial charge in [0.1, 0.15) is 16.8 Å². The zero-order valence-electron chi connectivity index (χ0n) is 17.9. The van der Waals surface area contributed by atoms with Crippen LogP contribution in [0, 0.1) is 0 Å². The molecule has 168 valence electrons. The van der Waals surface area contributed by atoms with Gasteiger partial charge in [0.25, 0.3) is 5.91 Å². The van der Waals surface area contributed by atoms with Gasteiger partial charge in [0, 0.05) is 31.1 Å². The van der Waals surface area contributed by atoms with Crippen molar-refractivity contribution in [3.05, 3.63) is 48.2 Å². The number of benzene rings is 1. The van der Waals surface area contributed by atoms with Crippen LogP contribution >= 0.6 is 0 Å². The number of nitrogens with one attached hydrogen (secondary N) is 3. The smallest absolute Gasteiger partial charge is 0.253 e. The second-order valence-corrected chi connectivity index (χ2v) is 9.27. The molecule has 0 spiro atoms. The number of aromatic nitrogens is 1. The Morgan fingerprint density at radius 1 is 1.23 bits per heavy atom. The highest BCUT2D eigenvalue weighted by Crippen LogP contribution is 2.17. The number of nitrogens with zero attached hydrogens (tertiary/aromatic N) is 1. The van der Waals surface area contributed by atoms with E-state index in [-0.39, 0.29) is 22.9 Å². The van der Waals surface area contributed by atoms with Crippen molar-refractivity contribution >= 4 is 27.4 Å². The minimum Gasteiger partial charge on any atom is -0.368 e. The second kappa shape index (κ2) is 10.7. The standard InChI is InChI=1S/C22H30N4O4S/c1-3-17(4-2)26-31(28,29)19-10-11-21(24-15-19)23-14-16-7-5-8-18(13-16)25-22(27)20-9-6-12-30-20/h5,7-8,10-11,13,15,17,20,26H,3-4,6,9,12,14H2,1-2H3,(H,23,24)(H,25,27). The first kappa shape index (κ1) is 23.2. The number of carbonyl (C=O) groups excluding carboxylic acids is 1. The number of rotatable bonds is 10. The van der Waals surface area contributed by atoms with E-state index in [0.29, 0.717) is 24.7 Å². The molecular weight excluding hydrogens is 416 g/mol. The first-order chi connectivity index (χ1) is 14.9. The van der Waals surface area contributed by atoms with E-state index in [1.165, 1.54) is 12.3 Å². The third-order valence-electron chi connectivity index (χ3n) is 5.24. The molecule has 1 fully saturated rings. The van der Waals surface area contributed by atoms with Crippen molar-refractivity contribution in [3.8, 4) is 0 Å². The normalized spacial score (nSPS) is 16.4. The van der Waals surface area contributed by atoms with E-state index in [1.54, 1.807) is 6.07 Å². The topological polar surface area (TPSA) is 109 Å². The van der Waals surface area contributed by atoms with Gasteiger partial charge in [-0.25, -0.2) is 18.1 Å². The van der Waals surface area contributed by atoms with Gasteiger partial charge in [0.2, 0.25) is 10.0 Å². The van der Waals surface area contributed by atoms with Crippen molar-refractivity contribution < 1.29 is 17.9 Å². The molecule has 1 atom stereocenters. The van der Waals surface area contributed by atoms with E-state index in [0.717, 1.165) is 31.2 Å². The van der Waals surface area contributed by atoms with E-state index in [1.807, 2.05) is 38.1 Å². The summed E-state index contributed by atoms with van der Waals surface area (Å²) in [5.74, 6) is 0.443. The van der Waals surface area contributed by atoms with Crippen LogP contribution in [0.15, 0.2) is 47.5 Å². The van der Waals surface area contributed by atoms with Gasteiger partial charge in [-0.3, -0.25) is 4.79 Å². The van der Waals surface area contributed by atoms with Crippen molar-refractivity contribution in [1.82, 2.24) is 9.71 Å². The number of amides is 1. The quantitative estimate of drug-likeness (QED) is 0.517. The number of ether oxygens (including phenoxy) is 1. The summed E-state index contributed by atoms with van der Waals surface area (Å²) in [6.07, 6.45) is 4.10. The van der Waals surface area contributed by atoms with E-state index in [4.69, 9.17) is 4.74 Å². The van der Waals surface area contributed by atoms with E-state index >= 15 is 0 Å². The van der Waals surface area contributed by atoms with Gasteiger partial charge in [0.05, 0.1) is 0 Å². The lowest BCUT2D eigenvalue weighted by molar-refractivity contribution is -0.124. The summed E-state index contributed by atoms with van der Waals surface area (Å²) in [5, 5.41) is 6.07. The lowest BCUT2D eigenvalue weighted by Gasteiger charge is -2.15. The van der Waals surface area contributed by atoms with Crippen molar-refractivity contribution in [1.29, 1.82) is 0 Å². The zero-order valence-corrected chi connectivity index (χ0v) is 18.7. The van der Waals surface area contributed by atoms with Gasteiger partial charge in [0.15, 0.2) is 0 Å². The monoisotopic (exact) mass is 446 g/mol. The molecule has 8 nitrogen and oxygen atoms in total. The second-order valence-electron chi connectivity index (χ2n) is 7.56. The number of anilines is 2. The fourth-order valence-electron chi connectivity index (χ4n) is 3.35. The Kier molecular flexibility index (Phi) is 8.00. The first-order valence-electron chi connectivity index (χ1n) is 10.6. The highest BCUT2D eigenvalue weighted by atomic mass is 32.2. The summed E-state index contributed by atoms with van der Waals surface area (Å²) in [7, 11) is -3.58. The van der Waals surface area contributed by atoms with Crippen LogP contribution < -0.4 is 15.4 Å². The summed E-state index contributed by atoms with van der Waals surface area (Å²) in [6, 6.07) is 10.6. The Labute approximate surface area is 183 Å². The van der Waals surface area contributed by atoms with Crippen LogP contribution in [0.2, 0.25) is 0 Å². The highest BCUT2D eigenvalue weighted by molar-refractivity contribution is 7.89. The fourth-order valence-corrected chi connectivity index (χ4v) is 4.69. The van der Waals surface area contributed by atoms with Gasteiger partial charge >= 0.3 is 0 Å². The molecule has 0 aliphatic carbocycles. The number of sulfonamides is 1. The molecule has 0 radical (unpaired) electrons. The van der Waals surface area contributed by atoms with Crippen LogP contribution in [-0.2, 0) is 26.1 Å². The van der Waals surface area contributed by atoms with Crippen LogP contribution in [0.4, 0.5) is 11.5 Å². The number of hydrogen-bond acceptors (Lipinski definition) is 6. The minimum atomic E-state index is -3.58. The minimum absolute atomic E-state index is 0.0872. The Morgan fingerprint density at radius 3 is 2.68 bits per heavy atom. The molecule has 1 unspecified atom stereocenters. The molecule has 1 aliphatic rings. The van der Waals surface area contributed by atoms with E-state index in [9.17, 15) is 13.2 Å². The van der Waals surface area contributed by atoms with Crippen molar-refractivity contribution in [2.24, 2.45) is 0 Å². The fraction of sp³-hybridized carbons (Fsp3) is 0.455. The first-order valence-corrected chi connectivity index (χ1v) is 12.1. The highest BCUT2D eigenvalue weighted by Gasteiger charge is 2.23. The lowest BCUT2D eigenvalue weighted by Crippen LogP contribution is -2.33. The number of hydrogen-bond donors (Lipinski definition) is 3. The molecule has 0 bridgehead atoms. The SMILES string of the molecule is CCC(CC)NS(=O)(=O)c1ccc(NCc2cccc(NC(=O)C3CCCO3)c2)nc1. The van der Waals surface area contributed by atoms with Crippen LogP contribution in [0.3, 0.4) is 0 Å². The summed E-state index contributed by atoms with van der Waals surface area (Å²) in [5.41, 5.74) is 1.67. The Hall–Kier alpha value is -2.49. The predicted molar refractivity (Wildman–Crippen MR) is 120 cm³/mol. The third kappa shape index (κ3) is 6.49. The van der Waals surface area contributed by atoms with Crippen molar-refractivity contribution in [3.63, 3.8) is 0 Å². The largest absolute Gasteiger partial charge is 0.368 e. The number of carbonyl (C=O) groups is 1. The molecule has 1 aromatic heterocycles. The summed E-state index contributed by atoms with van der Waals surface area (Å²) in [4.78, 5) is 16.6. The molecule has 0 saturated carbocycles. The maximum absolute atomic E-state index is 12.5. The molecule has 3 rings (SSSR count). The molecule has 31 heavy (non-hydrogen) atoms. The average molecular weight is 447 g/mol. The molecule has 1 amide bonds. The van der Waals surface area contributed by atoms with Gasteiger partial charge in [-0.05, 0) is 55.5 Å². The van der Waals surface area contributed by atoms with Gasteiger partial charge in [-0.15, -0.1) is 0 Å². The lowest BCUT2D eigenvalue weighted by atomic mass is 10.2. The van der Waals surface area contributed by atoms with E-state index < -0.39 is 10.0 Å². The average Bonchev–Trinajstić information content (AvgIpc) is 3.32. The Balaban J connectivity index is 1.57. The molecule has 2 heterocycles. The Morgan fingerprint density at radius 2 is 2.03 bits per heavy atom. The summed E-state index contributed by atoms with van der Waals surface area (Å²) in [6.45, 7) is 5.01. The van der Waals surface area contributed by atoms with Crippen LogP contribution in [0.1, 0.15) is 45.1 Å². The van der Waals surface area contributed by atoms with Crippen molar-refractivity contribution in [2.75, 3.05) is 17.2 Å². The molecular formula is C22H30N4O4S. The molecule has 9 heteroatoms. The van der Waals surface area contributed by atoms with Crippen LogP contribution in [0.25, 0.3) is 0 Å². The van der Waals surface area contributed by atoms with E-state index in [2.05, 4.69) is 20.3 Å². The molecule has 3 N–H and O–H groups in total. The predicted octanol–water partition coefficient (Wildman–Crippen LogP) is 3.28. The van der Waals surface area contributed by atoms with Crippen molar-refractivity contribution in [2.45, 2.75) is 63.1 Å². The number of pyridine rings is 1. The molecule has 1 aliphatic heterocycles. The van der Waals surface area contributed by atoms with Crippen LogP contribution in [0.5, 0.6) is 0 Å². The zero-order chi connectivity index (χ0) is 22.3. The van der Waals surface area contributed by atoms with Gasteiger partial charge < -0.3 is 15.4 Å². The Bertz CT molecular complexity index is 969. The molecule has 2 aromatic rings. The molecule has 1 aromatic carbocycles. The summed E-state index contributed by atoms with van der Waals surface area (Å²) < 4.78 is 33.0. The third-order valence-corrected chi connectivity index (χ3v) is 6.75. The maximum Gasteiger partial charge on any atom is 0.253 e. The van der Waals surface area contributed by atoms with Crippen LogP contribution in [-0.4, -0.2) is 38.1 Å².